The summed E-state index contributed by atoms with van der Waals surface area (Å²) in [5.74, 6) is 0.756. The summed E-state index contributed by atoms with van der Waals surface area (Å²) in [6, 6.07) is 6.32. The van der Waals surface area contributed by atoms with E-state index in [0.717, 1.165) is 43.7 Å². The van der Waals surface area contributed by atoms with E-state index in [0.29, 0.717) is 18.3 Å². The van der Waals surface area contributed by atoms with Crippen molar-refractivity contribution in [1.82, 2.24) is 0 Å². The van der Waals surface area contributed by atoms with E-state index in [1.807, 2.05) is 25.1 Å². The van der Waals surface area contributed by atoms with E-state index in [9.17, 15) is 0 Å². The molecule has 4 nitrogen and oxygen atoms in total. The van der Waals surface area contributed by atoms with Crippen LogP contribution in [0.3, 0.4) is 0 Å². The Morgan fingerprint density at radius 2 is 2.10 bits per heavy atom. The minimum absolute atomic E-state index is 0.0161. The molecule has 1 atom stereocenters. The molecule has 3 N–H and O–H groups in total. The standard InChI is InChI=1S/C17H28N2O2/c1-4-17(5-2)12-13(10-11-21-17)19-14-8-7-9-15(16(14)18)20-6-3/h7-9,13,19H,4-6,10-12,18H2,1-3H3. The first-order valence-electron chi connectivity index (χ1n) is 8.06. The molecule has 1 unspecified atom stereocenters. The van der Waals surface area contributed by atoms with Crippen molar-refractivity contribution in [2.24, 2.45) is 0 Å². The zero-order valence-corrected chi connectivity index (χ0v) is 13.4. The van der Waals surface area contributed by atoms with Crippen LogP contribution in [0.5, 0.6) is 5.75 Å². The van der Waals surface area contributed by atoms with Gasteiger partial charge in [-0.05, 0) is 44.7 Å². The van der Waals surface area contributed by atoms with Crippen molar-refractivity contribution in [1.29, 1.82) is 0 Å². The Kier molecular flexibility index (Phi) is 5.34. The zero-order chi connectivity index (χ0) is 15.3. The molecule has 0 aromatic heterocycles. The molecule has 1 fully saturated rings. The van der Waals surface area contributed by atoms with Gasteiger partial charge in [0.05, 0.1) is 23.6 Å². The molecule has 1 aliphatic rings. The van der Waals surface area contributed by atoms with E-state index >= 15 is 0 Å². The van der Waals surface area contributed by atoms with E-state index in [-0.39, 0.29) is 5.60 Å². The van der Waals surface area contributed by atoms with Crippen LogP contribution in [0.1, 0.15) is 46.5 Å². The lowest BCUT2D eigenvalue weighted by Crippen LogP contribution is -2.43. The average Bonchev–Trinajstić information content (AvgIpc) is 2.51. The molecule has 1 aliphatic heterocycles. The highest BCUT2D eigenvalue weighted by molar-refractivity contribution is 5.73. The summed E-state index contributed by atoms with van der Waals surface area (Å²) in [5.41, 5.74) is 7.88. The number of para-hydroxylation sites is 1. The fourth-order valence-corrected chi connectivity index (χ4v) is 3.06. The van der Waals surface area contributed by atoms with Crippen LogP contribution in [0.2, 0.25) is 0 Å². The van der Waals surface area contributed by atoms with Crippen LogP contribution in [-0.4, -0.2) is 24.9 Å². The van der Waals surface area contributed by atoms with Gasteiger partial charge in [0.2, 0.25) is 0 Å². The van der Waals surface area contributed by atoms with Gasteiger partial charge >= 0.3 is 0 Å². The first-order valence-corrected chi connectivity index (χ1v) is 8.06. The molecule has 0 radical (unpaired) electrons. The largest absolute Gasteiger partial charge is 0.492 e. The third-order valence-electron chi connectivity index (χ3n) is 4.51. The Labute approximate surface area is 128 Å². The fourth-order valence-electron chi connectivity index (χ4n) is 3.06. The van der Waals surface area contributed by atoms with E-state index in [1.165, 1.54) is 0 Å². The van der Waals surface area contributed by atoms with Crippen LogP contribution in [0.15, 0.2) is 18.2 Å². The maximum absolute atomic E-state index is 6.20. The van der Waals surface area contributed by atoms with Crippen LogP contribution in [0.4, 0.5) is 11.4 Å². The minimum Gasteiger partial charge on any atom is -0.492 e. The van der Waals surface area contributed by atoms with Gasteiger partial charge in [-0.15, -0.1) is 0 Å². The lowest BCUT2D eigenvalue weighted by atomic mass is 9.86. The zero-order valence-electron chi connectivity index (χ0n) is 13.4. The molecule has 21 heavy (non-hydrogen) atoms. The van der Waals surface area contributed by atoms with Crippen molar-refractivity contribution in [3.05, 3.63) is 18.2 Å². The van der Waals surface area contributed by atoms with Gasteiger partial charge in [-0.25, -0.2) is 0 Å². The molecule has 2 rings (SSSR count). The summed E-state index contributed by atoms with van der Waals surface area (Å²) in [6.45, 7) is 7.81. The maximum Gasteiger partial charge on any atom is 0.144 e. The van der Waals surface area contributed by atoms with Crippen molar-refractivity contribution in [3.63, 3.8) is 0 Å². The second-order valence-corrected chi connectivity index (χ2v) is 5.72. The molecular weight excluding hydrogens is 264 g/mol. The van der Waals surface area contributed by atoms with Gasteiger partial charge < -0.3 is 20.5 Å². The van der Waals surface area contributed by atoms with E-state index in [1.54, 1.807) is 0 Å². The number of ether oxygens (including phenoxy) is 2. The van der Waals surface area contributed by atoms with Crippen molar-refractivity contribution in [2.45, 2.75) is 58.1 Å². The third kappa shape index (κ3) is 3.62. The van der Waals surface area contributed by atoms with Crippen molar-refractivity contribution < 1.29 is 9.47 Å². The Bertz CT molecular complexity index is 458. The molecule has 0 amide bonds. The summed E-state index contributed by atoms with van der Waals surface area (Å²) in [7, 11) is 0. The van der Waals surface area contributed by atoms with Gasteiger partial charge in [-0.3, -0.25) is 0 Å². The molecule has 0 bridgehead atoms. The van der Waals surface area contributed by atoms with Crippen LogP contribution in [-0.2, 0) is 4.74 Å². The minimum atomic E-state index is 0.0161. The summed E-state index contributed by atoms with van der Waals surface area (Å²) >= 11 is 0. The molecule has 1 aromatic rings. The second kappa shape index (κ2) is 7.03. The third-order valence-corrected chi connectivity index (χ3v) is 4.51. The summed E-state index contributed by atoms with van der Waals surface area (Å²) < 4.78 is 11.6. The normalized spacial score (nSPS) is 21.0. The number of nitrogen functional groups attached to an aromatic ring is 1. The number of benzene rings is 1. The van der Waals surface area contributed by atoms with E-state index in [2.05, 4.69) is 19.2 Å². The van der Waals surface area contributed by atoms with Crippen molar-refractivity contribution in [3.8, 4) is 5.75 Å². The molecule has 0 saturated carbocycles. The predicted molar refractivity (Wildman–Crippen MR) is 87.9 cm³/mol. The first-order chi connectivity index (χ1) is 10.1. The van der Waals surface area contributed by atoms with Crippen LogP contribution < -0.4 is 15.8 Å². The van der Waals surface area contributed by atoms with Gasteiger partial charge in [0.1, 0.15) is 5.75 Å². The average molecular weight is 292 g/mol. The van der Waals surface area contributed by atoms with Gasteiger partial charge in [0, 0.05) is 12.6 Å². The molecule has 1 heterocycles. The van der Waals surface area contributed by atoms with Crippen LogP contribution >= 0.6 is 0 Å². The smallest absolute Gasteiger partial charge is 0.144 e. The van der Waals surface area contributed by atoms with Gasteiger partial charge in [-0.2, -0.15) is 0 Å². The molecular formula is C17H28N2O2. The highest BCUT2D eigenvalue weighted by Gasteiger charge is 2.34. The van der Waals surface area contributed by atoms with Crippen molar-refractivity contribution >= 4 is 11.4 Å². The monoisotopic (exact) mass is 292 g/mol. The lowest BCUT2D eigenvalue weighted by molar-refractivity contribution is -0.0864. The predicted octanol–water partition coefficient (Wildman–Crippen LogP) is 3.82. The summed E-state index contributed by atoms with van der Waals surface area (Å²) in [5, 5.41) is 3.59. The highest BCUT2D eigenvalue weighted by atomic mass is 16.5. The second-order valence-electron chi connectivity index (χ2n) is 5.72. The van der Waals surface area contributed by atoms with E-state index in [4.69, 9.17) is 15.2 Å². The number of nitrogens with one attached hydrogen (secondary N) is 1. The molecule has 0 aliphatic carbocycles. The number of hydrogen-bond donors (Lipinski definition) is 2. The van der Waals surface area contributed by atoms with Crippen molar-refractivity contribution in [2.75, 3.05) is 24.3 Å². The Hall–Kier alpha value is -1.42. The Morgan fingerprint density at radius 3 is 2.76 bits per heavy atom. The summed E-state index contributed by atoms with van der Waals surface area (Å²) in [4.78, 5) is 0. The van der Waals surface area contributed by atoms with E-state index < -0.39 is 0 Å². The summed E-state index contributed by atoms with van der Waals surface area (Å²) in [6.07, 6.45) is 4.14. The van der Waals surface area contributed by atoms with Gasteiger partial charge in [0.15, 0.2) is 0 Å². The topological polar surface area (TPSA) is 56.5 Å². The van der Waals surface area contributed by atoms with Crippen LogP contribution in [0, 0.1) is 0 Å². The number of rotatable bonds is 6. The number of nitrogens with two attached hydrogens (primary N) is 1. The first kappa shape index (κ1) is 16.0. The van der Waals surface area contributed by atoms with Gasteiger partial charge in [-0.1, -0.05) is 19.9 Å². The quantitative estimate of drug-likeness (QED) is 0.783. The molecule has 0 spiro atoms. The maximum atomic E-state index is 6.20. The number of hydrogen-bond acceptors (Lipinski definition) is 4. The molecule has 118 valence electrons. The molecule has 4 heteroatoms. The SMILES string of the molecule is CCOc1cccc(NC2CCOC(CC)(CC)C2)c1N. The Balaban J connectivity index is 2.09. The Morgan fingerprint density at radius 1 is 1.33 bits per heavy atom. The number of anilines is 2. The van der Waals surface area contributed by atoms with Gasteiger partial charge in [0.25, 0.3) is 0 Å². The highest BCUT2D eigenvalue weighted by Crippen LogP contribution is 2.35. The van der Waals surface area contributed by atoms with Crippen LogP contribution in [0.25, 0.3) is 0 Å². The fraction of sp³-hybridized carbons (Fsp3) is 0.647. The molecule has 1 saturated heterocycles. The lowest BCUT2D eigenvalue weighted by Gasteiger charge is -2.40. The molecule has 1 aromatic carbocycles.